The van der Waals surface area contributed by atoms with Crippen LogP contribution in [0.1, 0.15) is 25.8 Å². The van der Waals surface area contributed by atoms with E-state index in [2.05, 4.69) is 11.4 Å². The van der Waals surface area contributed by atoms with Crippen molar-refractivity contribution in [3.05, 3.63) is 23.8 Å². The lowest BCUT2D eigenvalue weighted by atomic mass is 10.0. The largest absolute Gasteiger partial charge is 0.477 e. The molecule has 0 radical (unpaired) electrons. The number of anilines is 1. The molecule has 0 amide bonds. The lowest BCUT2D eigenvalue weighted by Crippen LogP contribution is -2.27. The molecule has 4 heteroatoms. The van der Waals surface area contributed by atoms with Gasteiger partial charge in [0, 0.05) is 6.54 Å². The van der Waals surface area contributed by atoms with Gasteiger partial charge in [0.2, 0.25) is 0 Å². The predicted molar refractivity (Wildman–Crippen MR) is 70.0 cm³/mol. The summed E-state index contributed by atoms with van der Waals surface area (Å²) in [5, 5.41) is 3.33. The third-order valence-electron chi connectivity index (χ3n) is 2.96. The summed E-state index contributed by atoms with van der Waals surface area (Å²) < 4.78 is 10.6. The van der Waals surface area contributed by atoms with Crippen molar-refractivity contribution >= 4 is 11.7 Å². The Labute approximate surface area is 107 Å². The highest BCUT2D eigenvalue weighted by molar-refractivity contribution is 5.75. The first kappa shape index (κ1) is 12.7. The minimum Gasteiger partial charge on any atom is -0.477 e. The Morgan fingerprint density at radius 2 is 2.33 bits per heavy atom. The Morgan fingerprint density at radius 1 is 1.50 bits per heavy atom. The summed E-state index contributed by atoms with van der Waals surface area (Å²) in [4.78, 5) is 11.5. The molecule has 0 aliphatic carbocycles. The molecule has 0 saturated carbocycles. The number of fused-ring (bicyclic) bond motifs is 1. The fraction of sp³-hybridized carbons (Fsp3) is 0.500. The Kier molecular flexibility index (Phi) is 4.07. The van der Waals surface area contributed by atoms with E-state index in [0.717, 1.165) is 30.8 Å². The number of nitrogens with one attached hydrogen (secondary N) is 1. The molecular weight excluding hydrogens is 230 g/mol. The van der Waals surface area contributed by atoms with Crippen molar-refractivity contribution in [2.75, 3.05) is 18.5 Å². The van der Waals surface area contributed by atoms with Crippen LogP contribution in [0, 0.1) is 0 Å². The van der Waals surface area contributed by atoms with Gasteiger partial charge in [0.05, 0.1) is 12.3 Å². The number of carbonyl (C=O) groups is 1. The van der Waals surface area contributed by atoms with Crippen molar-refractivity contribution in [2.24, 2.45) is 0 Å². The lowest BCUT2D eigenvalue weighted by Gasteiger charge is -2.22. The van der Waals surface area contributed by atoms with Gasteiger partial charge in [0.1, 0.15) is 5.75 Å². The molecule has 0 fully saturated rings. The fourth-order valence-electron chi connectivity index (χ4n) is 2.07. The zero-order valence-corrected chi connectivity index (χ0v) is 10.9. The van der Waals surface area contributed by atoms with Crippen molar-refractivity contribution in [2.45, 2.75) is 32.8 Å². The second kappa shape index (κ2) is 5.76. The average Bonchev–Trinajstić information content (AvgIpc) is 2.39. The molecule has 1 heterocycles. The molecule has 4 nitrogen and oxygen atoms in total. The maximum Gasteiger partial charge on any atom is 0.347 e. The van der Waals surface area contributed by atoms with Gasteiger partial charge in [-0.05, 0) is 38.3 Å². The van der Waals surface area contributed by atoms with Gasteiger partial charge in [-0.2, -0.15) is 0 Å². The predicted octanol–water partition coefficient (Wildman–Crippen LogP) is 2.38. The zero-order chi connectivity index (χ0) is 13.0. The molecule has 18 heavy (non-hydrogen) atoms. The number of hydrogen-bond acceptors (Lipinski definition) is 4. The first-order chi connectivity index (χ1) is 8.72. The van der Waals surface area contributed by atoms with Gasteiger partial charge in [0.25, 0.3) is 0 Å². The number of esters is 1. The fourth-order valence-corrected chi connectivity index (χ4v) is 2.07. The van der Waals surface area contributed by atoms with E-state index < -0.39 is 6.10 Å². The smallest absolute Gasteiger partial charge is 0.347 e. The SMILES string of the molecule is CCOC(=O)C(C)Oc1cccc2c1NCCC2. The first-order valence-corrected chi connectivity index (χ1v) is 6.41. The Bertz CT molecular complexity index is 431. The summed E-state index contributed by atoms with van der Waals surface area (Å²) in [6.45, 7) is 4.82. The van der Waals surface area contributed by atoms with Crippen LogP contribution in [0.5, 0.6) is 5.75 Å². The standard InChI is InChI=1S/C14H19NO3/c1-3-17-14(16)10(2)18-12-8-4-6-11-7-5-9-15-13(11)12/h4,6,8,10,15H,3,5,7,9H2,1-2H3. The lowest BCUT2D eigenvalue weighted by molar-refractivity contribution is -0.150. The Morgan fingerprint density at radius 3 is 3.11 bits per heavy atom. The van der Waals surface area contributed by atoms with Crippen LogP contribution in [0.15, 0.2) is 18.2 Å². The van der Waals surface area contributed by atoms with E-state index in [0.29, 0.717) is 6.61 Å². The van der Waals surface area contributed by atoms with Gasteiger partial charge in [0.15, 0.2) is 6.10 Å². The number of carbonyl (C=O) groups excluding carboxylic acids is 1. The van der Waals surface area contributed by atoms with Crippen LogP contribution in [0.25, 0.3) is 0 Å². The highest BCUT2D eigenvalue weighted by Crippen LogP contribution is 2.32. The average molecular weight is 249 g/mol. The molecule has 98 valence electrons. The van der Waals surface area contributed by atoms with E-state index >= 15 is 0 Å². The third-order valence-corrected chi connectivity index (χ3v) is 2.96. The Balaban J connectivity index is 2.11. The molecule has 0 bridgehead atoms. The van der Waals surface area contributed by atoms with Crippen LogP contribution in [-0.4, -0.2) is 25.2 Å². The van der Waals surface area contributed by atoms with E-state index in [9.17, 15) is 4.79 Å². The molecule has 1 aromatic carbocycles. The monoisotopic (exact) mass is 249 g/mol. The molecule has 1 aromatic rings. The van der Waals surface area contributed by atoms with Gasteiger partial charge < -0.3 is 14.8 Å². The summed E-state index contributed by atoms with van der Waals surface area (Å²) >= 11 is 0. The zero-order valence-electron chi connectivity index (χ0n) is 10.9. The van der Waals surface area contributed by atoms with Gasteiger partial charge in [-0.15, -0.1) is 0 Å². The van der Waals surface area contributed by atoms with Crippen molar-refractivity contribution < 1.29 is 14.3 Å². The number of benzene rings is 1. The van der Waals surface area contributed by atoms with Gasteiger partial charge >= 0.3 is 5.97 Å². The van der Waals surface area contributed by atoms with Gasteiger partial charge in [-0.1, -0.05) is 12.1 Å². The number of ether oxygens (including phenoxy) is 2. The number of aryl methyl sites for hydroxylation is 1. The van der Waals surface area contributed by atoms with Crippen LogP contribution in [-0.2, 0) is 16.0 Å². The highest BCUT2D eigenvalue weighted by Gasteiger charge is 2.19. The molecule has 1 unspecified atom stereocenters. The Hall–Kier alpha value is -1.71. The van der Waals surface area contributed by atoms with E-state index in [-0.39, 0.29) is 5.97 Å². The molecule has 1 aliphatic rings. The quantitative estimate of drug-likeness (QED) is 0.832. The van der Waals surface area contributed by atoms with Crippen molar-refractivity contribution in [1.29, 1.82) is 0 Å². The van der Waals surface area contributed by atoms with E-state index in [1.807, 2.05) is 12.1 Å². The molecule has 1 N–H and O–H groups in total. The van der Waals surface area contributed by atoms with Gasteiger partial charge in [-0.25, -0.2) is 4.79 Å². The minimum atomic E-state index is -0.583. The number of hydrogen-bond donors (Lipinski definition) is 1. The van der Waals surface area contributed by atoms with Crippen molar-refractivity contribution in [3.8, 4) is 5.75 Å². The second-order valence-electron chi connectivity index (χ2n) is 4.33. The topological polar surface area (TPSA) is 47.6 Å². The molecule has 0 saturated heterocycles. The van der Waals surface area contributed by atoms with Crippen LogP contribution >= 0.6 is 0 Å². The maximum atomic E-state index is 11.5. The number of rotatable bonds is 4. The van der Waals surface area contributed by atoms with E-state index in [1.165, 1.54) is 5.56 Å². The maximum absolute atomic E-state index is 11.5. The van der Waals surface area contributed by atoms with Crippen molar-refractivity contribution in [3.63, 3.8) is 0 Å². The normalized spacial score (nSPS) is 15.2. The highest BCUT2D eigenvalue weighted by atomic mass is 16.6. The summed E-state index contributed by atoms with van der Waals surface area (Å²) in [6, 6.07) is 5.93. The van der Waals surface area contributed by atoms with Gasteiger partial charge in [-0.3, -0.25) is 0 Å². The van der Waals surface area contributed by atoms with Crippen LogP contribution < -0.4 is 10.1 Å². The first-order valence-electron chi connectivity index (χ1n) is 6.41. The van der Waals surface area contributed by atoms with Crippen LogP contribution in [0.3, 0.4) is 0 Å². The minimum absolute atomic E-state index is 0.328. The van der Waals surface area contributed by atoms with E-state index in [1.54, 1.807) is 13.8 Å². The molecule has 1 aliphatic heterocycles. The van der Waals surface area contributed by atoms with E-state index in [4.69, 9.17) is 9.47 Å². The van der Waals surface area contributed by atoms with Crippen molar-refractivity contribution in [1.82, 2.24) is 0 Å². The third kappa shape index (κ3) is 2.75. The summed E-state index contributed by atoms with van der Waals surface area (Å²) in [5.74, 6) is 0.402. The summed E-state index contributed by atoms with van der Waals surface area (Å²) in [6.07, 6.45) is 1.59. The number of para-hydroxylation sites is 1. The molecule has 0 spiro atoms. The summed E-state index contributed by atoms with van der Waals surface area (Å²) in [5.41, 5.74) is 2.26. The molecule has 2 rings (SSSR count). The second-order valence-corrected chi connectivity index (χ2v) is 4.33. The molecular formula is C14H19NO3. The van der Waals surface area contributed by atoms with Crippen LogP contribution in [0.4, 0.5) is 5.69 Å². The molecule has 1 atom stereocenters. The molecule has 0 aromatic heterocycles. The van der Waals surface area contributed by atoms with Crippen LogP contribution in [0.2, 0.25) is 0 Å². The summed E-state index contributed by atoms with van der Waals surface area (Å²) in [7, 11) is 0.